The molecule has 2 saturated carbocycles. The summed E-state index contributed by atoms with van der Waals surface area (Å²) in [7, 11) is 1.71. The number of aromatic nitrogens is 1. The second-order valence-corrected chi connectivity index (χ2v) is 11.8. The normalized spacial score (nSPS) is 29.7. The molecule has 3 heterocycles. The van der Waals surface area contributed by atoms with Crippen molar-refractivity contribution in [1.82, 2.24) is 25.0 Å². The SMILES string of the molecule is Cn1cccc1C(=O)N[C@H]1C[C@@H](C(=O)[O-])N(C(=O)[C@@H]2CCCC[C@H]2C(=O)N2C[C@@H](NC(=O)C3CC3)C[C@H]2C(=O)[O-])C1. The van der Waals surface area contributed by atoms with E-state index in [4.69, 9.17) is 0 Å². The molecule has 222 valence electrons. The molecule has 5 rings (SSSR count). The van der Waals surface area contributed by atoms with Gasteiger partial charge in [-0.3, -0.25) is 19.2 Å². The highest BCUT2D eigenvalue weighted by molar-refractivity contribution is 5.94. The lowest BCUT2D eigenvalue weighted by Gasteiger charge is -2.38. The molecule has 2 saturated heterocycles. The molecule has 1 aromatic rings. The van der Waals surface area contributed by atoms with Gasteiger partial charge >= 0.3 is 0 Å². The molecule has 0 aromatic carbocycles. The first kappa shape index (κ1) is 28.6. The van der Waals surface area contributed by atoms with Crippen molar-refractivity contribution >= 4 is 35.6 Å². The van der Waals surface area contributed by atoms with E-state index in [9.17, 15) is 39.0 Å². The minimum Gasteiger partial charge on any atom is -0.548 e. The van der Waals surface area contributed by atoms with Gasteiger partial charge in [0.25, 0.3) is 5.91 Å². The van der Waals surface area contributed by atoms with Gasteiger partial charge in [0.2, 0.25) is 17.7 Å². The molecule has 6 atom stereocenters. The lowest BCUT2D eigenvalue weighted by molar-refractivity contribution is -0.312. The van der Waals surface area contributed by atoms with Crippen molar-refractivity contribution < 1.29 is 39.0 Å². The maximum Gasteiger partial charge on any atom is 0.268 e. The summed E-state index contributed by atoms with van der Waals surface area (Å²) < 4.78 is 1.63. The number of carboxylic acid groups (broad SMARTS) is 2. The second kappa shape index (κ2) is 11.5. The quantitative estimate of drug-likeness (QED) is 0.345. The van der Waals surface area contributed by atoms with Crippen molar-refractivity contribution in [3.8, 4) is 0 Å². The third-order valence-electron chi connectivity index (χ3n) is 8.92. The highest BCUT2D eigenvalue weighted by Crippen LogP contribution is 2.37. The molecule has 4 amide bonds. The number of likely N-dealkylation sites (tertiary alicyclic amines) is 2. The molecule has 0 spiro atoms. The summed E-state index contributed by atoms with van der Waals surface area (Å²) in [5.41, 5.74) is 0.387. The lowest BCUT2D eigenvalue weighted by atomic mass is 9.77. The molecule has 13 nitrogen and oxygen atoms in total. The largest absolute Gasteiger partial charge is 0.548 e. The van der Waals surface area contributed by atoms with Crippen molar-refractivity contribution in [2.24, 2.45) is 24.8 Å². The average Bonchev–Trinajstić information content (AvgIpc) is 3.34. The van der Waals surface area contributed by atoms with Crippen molar-refractivity contribution in [3.05, 3.63) is 24.0 Å². The zero-order chi connectivity index (χ0) is 29.4. The van der Waals surface area contributed by atoms with Crippen LogP contribution in [0.3, 0.4) is 0 Å². The van der Waals surface area contributed by atoms with Gasteiger partial charge < -0.3 is 44.8 Å². The van der Waals surface area contributed by atoms with Gasteiger partial charge in [0.1, 0.15) is 5.69 Å². The predicted molar refractivity (Wildman–Crippen MR) is 137 cm³/mol. The van der Waals surface area contributed by atoms with Gasteiger partial charge in [-0.1, -0.05) is 12.8 Å². The van der Waals surface area contributed by atoms with Crippen LogP contribution in [-0.2, 0) is 31.0 Å². The number of nitrogens with zero attached hydrogens (tertiary/aromatic N) is 3. The van der Waals surface area contributed by atoms with Crippen molar-refractivity contribution in [2.75, 3.05) is 13.1 Å². The van der Waals surface area contributed by atoms with E-state index in [2.05, 4.69) is 10.6 Å². The van der Waals surface area contributed by atoms with Crippen LogP contribution >= 0.6 is 0 Å². The summed E-state index contributed by atoms with van der Waals surface area (Å²) in [6.45, 7) is -0.0439. The second-order valence-electron chi connectivity index (χ2n) is 11.8. The Morgan fingerprint density at radius 3 is 1.73 bits per heavy atom. The Morgan fingerprint density at radius 2 is 1.29 bits per heavy atom. The number of carboxylic acids is 2. The zero-order valence-electron chi connectivity index (χ0n) is 23.0. The number of nitrogens with one attached hydrogen (secondary N) is 2. The van der Waals surface area contributed by atoms with Gasteiger partial charge in [0, 0.05) is 56.2 Å². The van der Waals surface area contributed by atoms with Gasteiger partial charge in [-0.05, 0) is 50.7 Å². The summed E-state index contributed by atoms with van der Waals surface area (Å²) in [6, 6.07) is -0.325. The first-order valence-corrected chi connectivity index (χ1v) is 14.3. The van der Waals surface area contributed by atoms with Crippen LogP contribution in [-0.4, -0.2) is 87.2 Å². The smallest absolute Gasteiger partial charge is 0.268 e. The Bertz CT molecular complexity index is 1240. The maximum atomic E-state index is 13.8. The first-order valence-electron chi connectivity index (χ1n) is 14.3. The Kier molecular flexibility index (Phi) is 8.05. The minimum absolute atomic E-state index is 0.00595. The van der Waals surface area contributed by atoms with Crippen LogP contribution in [0.1, 0.15) is 61.9 Å². The molecular weight excluding hydrogens is 534 g/mol. The molecule has 4 fully saturated rings. The number of hydrogen-bond acceptors (Lipinski definition) is 8. The third kappa shape index (κ3) is 5.94. The molecule has 4 aliphatic rings. The van der Waals surface area contributed by atoms with Crippen LogP contribution in [0.4, 0.5) is 0 Å². The molecular formula is C28H35N5O8-2. The lowest BCUT2D eigenvalue weighted by Crippen LogP contribution is -2.54. The Balaban J connectivity index is 1.29. The van der Waals surface area contributed by atoms with E-state index in [0.29, 0.717) is 31.4 Å². The highest BCUT2D eigenvalue weighted by atomic mass is 16.4. The molecule has 1 aromatic heterocycles. The van der Waals surface area contributed by atoms with E-state index in [1.165, 1.54) is 9.80 Å². The van der Waals surface area contributed by atoms with Gasteiger partial charge in [0.15, 0.2) is 0 Å². The Morgan fingerprint density at radius 1 is 0.780 bits per heavy atom. The number of carbonyl (C=O) groups is 6. The summed E-state index contributed by atoms with van der Waals surface area (Å²) in [5.74, 6) is -6.19. The maximum absolute atomic E-state index is 13.8. The van der Waals surface area contributed by atoms with Gasteiger partial charge in [-0.2, -0.15) is 0 Å². The fraction of sp³-hybridized carbons (Fsp3) is 0.643. The van der Waals surface area contributed by atoms with Crippen LogP contribution in [0.2, 0.25) is 0 Å². The molecule has 13 heteroatoms. The monoisotopic (exact) mass is 569 g/mol. The predicted octanol–water partition coefficient (Wildman–Crippen LogP) is -2.47. The number of aliphatic carboxylic acids is 2. The summed E-state index contributed by atoms with van der Waals surface area (Å²) >= 11 is 0. The van der Waals surface area contributed by atoms with Crippen LogP contribution < -0.4 is 20.8 Å². The number of hydrogen-bond donors (Lipinski definition) is 2. The summed E-state index contributed by atoms with van der Waals surface area (Å²) in [6.07, 6.45) is 5.29. The van der Waals surface area contributed by atoms with Gasteiger partial charge in [-0.15, -0.1) is 0 Å². The summed E-state index contributed by atoms with van der Waals surface area (Å²) in [5, 5.41) is 29.6. The van der Waals surface area contributed by atoms with Gasteiger partial charge in [0.05, 0.1) is 24.0 Å². The topological polar surface area (TPSA) is 184 Å². The number of aryl methyl sites for hydroxylation is 1. The van der Waals surface area contributed by atoms with E-state index in [1.54, 1.807) is 29.9 Å². The average molecular weight is 570 g/mol. The Labute approximate surface area is 237 Å². The number of carbonyl (C=O) groups excluding carboxylic acids is 6. The van der Waals surface area contributed by atoms with Crippen LogP contribution in [0, 0.1) is 17.8 Å². The van der Waals surface area contributed by atoms with E-state index >= 15 is 0 Å². The van der Waals surface area contributed by atoms with E-state index in [-0.39, 0.29) is 37.8 Å². The van der Waals surface area contributed by atoms with Crippen LogP contribution in [0.25, 0.3) is 0 Å². The van der Waals surface area contributed by atoms with Crippen molar-refractivity contribution in [2.45, 2.75) is 75.5 Å². The number of amides is 4. The first-order chi connectivity index (χ1) is 19.5. The number of rotatable bonds is 8. The van der Waals surface area contributed by atoms with Crippen molar-refractivity contribution in [1.29, 1.82) is 0 Å². The molecule has 41 heavy (non-hydrogen) atoms. The molecule has 2 aliphatic carbocycles. The highest BCUT2D eigenvalue weighted by Gasteiger charge is 2.47. The van der Waals surface area contributed by atoms with Gasteiger partial charge in [-0.25, -0.2) is 0 Å². The fourth-order valence-corrected chi connectivity index (χ4v) is 6.58. The van der Waals surface area contributed by atoms with Crippen LogP contribution in [0.5, 0.6) is 0 Å². The third-order valence-corrected chi connectivity index (χ3v) is 8.92. The molecule has 0 bridgehead atoms. The standard InChI is InChI=1S/C28H37N5O8/c1-31-10-4-7-20(31)24(35)30-17-12-22(28(40)41)33(14-17)26(37)19-6-3-2-5-18(19)25(36)32-13-16(11-21(32)27(38)39)29-23(34)15-8-9-15/h4,7,10,15-19,21-22H,2-3,5-6,8-9,11-14H2,1H3,(H,29,34)(H,30,35)(H,38,39)(H,40,41)/p-2/t16-,17-,18+,19+,21-,22-/m0/s1. The molecule has 2 N–H and O–H groups in total. The Hall–Kier alpha value is -3.90. The molecule has 2 aliphatic heterocycles. The van der Waals surface area contributed by atoms with Crippen molar-refractivity contribution in [3.63, 3.8) is 0 Å². The van der Waals surface area contributed by atoms with E-state index in [0.717, 1.165) is 12.8 Å². The van der Waals surface area contributed by atoms with E-state index in [1.807, 2.05) is 0 Å². The molecule has 0 radical (unpaired) electrons. The zero-order valence-corrected chi connectivity index (χ0v) is 23.0. The minimum atomic E-state index is -1.45. The van der Waals surface area contributed by atoms with Crippen LogP contribution in [0.15, 0.2) is 18.3 Å². The van der Waals surface area contributed by atoms with E-state index < -0.39 is 65.7 Å². The summed E-state index contributed by atoms with van der Waals surface area (Å²) in [4.78, 5) is 78.9. The fourth-order valence-electron chi connectivity index (χ4n) is 6.58. The molecule has 0 unspecified atom stereocenters.